The number of halogens is 2. The maximum atomic E-state index is 12.4. The fourth-order valence-corrected chi connectivity index (χ4v) is 2.98. The van der Waals surface area contributed by atoms with Crippen molar-refractivity contribution >= 4 is 45.3 Å². The molecule has 0 saturated carbocycles. The summed E-state index contributed by atoms with van der Waals surface area (Å²) >= 11 is 8.89. The predicted molar refractivity (Wildman–Crippen MR) is 91.9 cm³/mol. The van der Waals surface area contributed by atoms with E-state index in [1.807, 2.05) is 32.9 Å². The van der Waals surface area contributed by atoms with Gasteiger partial charge in [0.05, 0.1) is 11.6 Å². The van der Waals surface area contributed by atoms with Crippen LogP contribution in [0.1, 0.15) is 38.7 Å². The average molecular weight is 405 g/mol. The number of nitrogens with zero attached hydrogens (tertiary/aromatic N) is 1. The number of fused-ring (bicyclic) bond motifs is 1. The highest BCUT2D eigenvalue weighted by molar-refractivity contribution is 9.10. The number of ether oxygens (including phenoxy) is 2. The SMILES string of the molecule is CC(C)(C)OC(=O)N1CCC(C(=O)OCCl)c2cc(Br)ccc21. The molecule has 1 amide bonds. The smallest absolute Gasteiger partial charge is 0.414 e. The molecule has 1 aliphatic rings. The minimum absolute atomic E-state index is 0.186. The summed E-state index contributed by atoms with van der Waals surface area (Å²) in [5.41, 5.74) is 0.804. The molecule has 1 heterocycles. The van der Waals surface area contributed by atoms with Gasteiger partial charge in [-0.25, -0.2) is 4.79 Å². The van der Waals surface area contributed by atoms with Crippen molar-refractivity contribution in [2.75, 3.05) is 17.5 Å². The Morgan fingerprint density at radius 2 is 2.09 bits per heavy atom. The molecule has 0 N–H and O–H groups in total. The molecule has 0 aliphatic carbocycles. The lowest BCUT2D eigenvalue weighted by atomic mass is 9.90. The Morgan fingerprint density at radius 3 is 2.70 bits per heavy atom. The van der Waals surface area contributed by atoms with E-state index in [0.717, 1.165) is 10.0 Å². The van der Waals surface area contributed by atoms with Gasteiger partial charge < -0.3 is 9.47 Å². The van der Waals surface area contributed by atoms with Crippen LogP contribution >= 0.6 is 27.5 Å². The molecule has 23 heavy (non-hydrogen) atoms. The number of hydrogen-bond acceptors (Lipinski definition) is 4. The summed E-state index contributed by atoms with van der Waals surface area (Å²) in [6.07, 6.45) is 0.0311. The van der Waals surface area contributed by atoms with E-state index >= 15 is 0 Å². The second-order valence-electron chi connectivity index (χ2n) is 6.25. The van der Waals surface area contributed by atoms with E-state index in [2.05, 4.69) is 15.9 Å². The van der Waals surface area contributed by atoms with Crippen molar-refractivity contribution in [3.8, 4) is 0 Å². The van der Waals surface area contributed by atoms with Gasteiger partial charge in [0.1, 0.15) is 5.60 Å². The standard InChI is InChI=1S/C16H19BrClNO4/c1-16(2,3)23-15(21)19-7-6-11(14(20)22-9-18)12-8-10(17)4-5-13(12)19/h4-5,8,11H,6-7,9H2,1-3H3. The Morgan fingerprint density at radius 1 is 1.39 bits per heavy atom. The molecule has 0 bridgehead atoms. The van der Waals surface area contributed by atoms with Crippen LogP contribution in [0.4, 0.5) is 10.5 Å². The van der Waals surface area contributed by atoms with Gasteiger partial charge in [0.25, 0.3) is 0 Å². The molecule has 1 aromatic carbocycles. The van der Waals surface area contributed by atoms with Crippen molar-refractivity contribution in [1.82, 2.24) is 0 Å². The predicted octanol–water partition coefficient (Wildman–Crippen LogP) is 4.42. The highest BCUT2D eigenvalue weighted by Crippen LogP contribution is 2.38. The summed E-state index contributed by atoms with van der Waals surface area (Å²) in [6.45, 7) is 5.83. The van der Waals surface area contributed by atoms with Gasteiger partial charge in [0, 0.05) is 11.0 Å². The summed E-state index contributed by atoms with van der Waals surface area (Å²) in [4.78, 5) is 26.1. The molecular weight excluding hydrogens is 386 g/mol. The zero-order valence-corrected chi connectivity index (χ0v) is 15.6. The van der Waals surface area contributed by atoms with Gasteiger partial charge in [-0.15, -0.1) is 0 Å². The molecule has 1 atom stereocenters. The summed E-state index contributed by atoms with van der Waals surface area (Å²) in [5.74, 6) is -0.830. The maximum absolute atomic E-state index is 12.4. The Bertz CT molecular complexity index is 615. The lowest BCUT2D eigenvalue weighted by Gasteiger charge is -2.34. The highest BCUT2D eigenvalue weighted by Gasteiger charge is 2.35. The van der Waals surface area contributed by atoms with Crippen LogP contribution in [0.3, 0.4) is 0 Å². The van der Waals surface area contributed by atoms with Crippen LogP contribution in [0.25, 0.3) is 0 Å². The first-order valence-electron chi connectivity index (χ1n) is 7.25. The molecule has 0 saturated heterocycles. The van der Waals surface area contributed by atoms with Crippen LogP contribution in [0.2, 0.25) is 0 Å². The van der Waals surface area contributed by atoms with E-state index in [-0.39, 0.29) is 12.0 Å². The van der Waals surface area contributed by atoms with Gasteiger partial charge in [0.2, 0.25) is 0 Å². The van der Waals surface area contributed by atoms with Crippen LogP contribution in [0.15, 0.2) is 22.7 Å². The lowest BCUT2D eigenvalue weighted by molar-refractivity contribution is -0.143. The third kappa shape index (κ3) is 4.38. The first-order valence-corrected chi connectivity index (χ1v) is 8.58. The fourth-order valence-electron chi connectivity index (χ4n) is 2.49. The van der Waals surface area contributed by atoms with Crippen molar-refractivity contribution in [2.45, 2.75) is 38.7 Å². The number of anilines is 1. The van der Waals surface area contributed by atoms with E-state index in [1.54, 1.807) is 11.0 Å². The third-order valence-corrected chi connectivity index (χ3v) is 3.99. The minimum atomic E-state index is -0.582. The quantitative estimate of drug-likeness (QED) is 0.541. The van der Waals surface area contributed by atoms with E-state index in [1.165, 1.54) is 0 Å². The second kappa shape index (κ2) is 7.09. The summed E-state index contributed by atoms with van der Waals surface area (Å²) in [6, 6.07) is 5.26. The minimum Gasteiger partial charge on any atom is -0.449 e. The molecule has 126 valence electrons. The Labute approximate surface area is 149 Å². The molecule has 0 radical (unpaired) electrons. The van der Waals surface area contributed by atoms with Crippen molar-refractivity contribution in [1.29, 1.82) is 0 Å². The summed E-state index contributed by atoms with van der Waals surface area (Å²) in [5, 5.41) is 0. The van der Waals surface area contributed by atoms with Gasteiger partial charge in [0.15, 0.2) is 6.07 Å². The molecule has 1 unspecified atom stereocenters. The van der Waals surface area contributed by atoms with Crippen LogP contribution in [0.5, 0.6) is 0 Å². The van der Waals surface area contributed by atoms with Crippen molar-refractivity contribution in [3.63, 3.8) is 0 Å². The topological polar surface area (TPSA) is 55.8 Å². The van der Waals surface area contributed by atoms with Gasteiger partial charge in [-0.1, -0.05) is 27.5 Å². The van der Waals surface area contributed by atoms with Gasteiger partial charge >= 0.3 is 12.1 Å². The Kier molecular flexibility index (Phi) is 5.57. The van der Waals surface area contributed by atoms with E-state index < -0.39 is 17.6 Å². The van der Waals surface area contributed by atoms with Crippen molar-refractivity contribution in [3.05, 3.63) is 28.2 Å². The number of benzene rings is 1. The summed E-state index contributed by atoms with van der Waals surface area (Å²) < 4.78 is 11.2. The molecule has 5 nitrogen and oxygen atoms in total. The number of amides is 1. The zero-order chi connectivity index (χ0) is 17.2. The van der Waals surface area contributed by atoms with Crippen molar-refractivity contribution in [2.24, 2.45) is 0 Å². The molecule has 0 aromatic heterocycles. The zero-order valence-electron chi connectivity index (χ0n) is 13.3. The number of carbonyl (C=O) groups excluding carboxylic acids is 2. The number of rotatable bonds is 2. The van der Waals surface area contributed by atoms with Crippen LogP contribution in [0, 0.1) is 0 Å². The van der Waals surface area contributed by atoms with Crippen LogP contribution in [-0.2, 0) is 14.3 Å². The van der Waals surface area contributed by atoms with Gasteiger partial charge in [-0.3, -0.25) is 9.69 Å². The van der Waals surface area contributed by atoms with E-state index in [0.29, 0.717) is 18.7 Å². The third-order valence-electron chi connectivity index (χ3n) is 3.39. The molecule has 0 fully saturated rings. The first kappa shape index (κ1) is 18.1. The molecule has 2 rings (SSSR count). The average Bonchev–Trinajstić information content (AvgIpc) is 2.44. The van der Waals surface area contributed by atoms with Gasteiger partial charge in [-0.2, -0.15) is 0 Å². The van der Waals surface area contributed by atoms with E-state index in [4.69, 9.17) is 21.1 Å². The number of carbonyl (C=O) groups is 2. The largest absolute Gasteiger partial charge is 0.449 e. The number of hydrogen-bond donors (Lipinski definition) is 0. The normalized spacial score (nSPS) is 17.4. The molecule has 7 heteroatoms. The summed E-state index contributed by atoms with van der Waals surface area (Å²) in [7, 11) is 0. The Balaban J connectivity index is 2.35. The molecular formula is C16H19BrClNO4. The fraction of sp³-hybridized carbons (Fsp3) is 0.500. The number of alkyl halides is 1. The van der Waals surface area contributed by atoms with Crippen molar-refractivity contribution < 1.29 is 19.1 Å². The highest BCUT2D eigenvalue weighted by atomic mass is 79.9. The molecule has 1 aromatic rings. The lowest BCUT2D eigenvalue weighted by Crippen LogP contribution is -2.41. The van der Waals surface area contributed by atoms with E-state index in [9.17, 15) is 9.59 Å². The number of esters is 1. The van der Waals surface area contributed by atoms with Gasteiger partial charge in [-0.05, 0) is 51.0 Å². The second-order valence-corrected chi connectivity index (χ2v) is 7.38. The molecule has 0 spiro atoms. The first-order chi connectivity index (χ1) is 10.7. The van der Waals surface area contributed by atoms with Crippen LogP contribution in [-0.4, -0.2) is 30.3 Å². The Hall–Kier alpha value is -1.27. The molecule has 1 aliphatic heterocycles. The monoisotopic (exact) mass is 403 g/mol. The van der Waals surface area contributed by atoms with Crippen LogP contribution < -0.4 is 4.90 Å². The maximum Gasteiger partial charge on any atom is 0.414 e.